The molecule has 0 amide bonds. The fourth-order valence-corrected chi connectivity index (χ4v) is 6.78. The molecule has 0 unspecified atom stereocenters. The average Bonchev–Trinajstić information content (AvgIpc) is 3.02. The van der Waals surface area contributed by atoms with E-state index in [-0.39, 0.29) is 19.7 Å². The molecule has 1 N–H and O–H groups in total. The predicted octanol–water partition coefficient (Wildman–Crippen LogP) is 4.28. The van der Waals surface area contributed by atoms with Crippen molar-refractivity contribution in [2.45, 2.75) is 14.0 Å². The van der Waals surface area contributed by atoms with Crippen LogP contribution in [-0.4, -0.2) is 16.8 Å². The van der Waals surface area contributed by atoms with Gasteiger partial charge in [-0.25, -0.2) is 21.2 Å². The lowest BCUT2D eigenvalue weighted by atomic mass is 10.3. The molecule has 1 heterocycles. The summed E-state index contributed by atoms with van der Waals surface area (Å²) in [4.78, 5) is -0.0703. The Morgan fingerprint density at radius 3 is 1.88 bits per heavy atom. The number of sulfonamides is 1. The third-order valence-electron chi connectivity index (χ3n) is 3.37. The van der Waals surface area contributed by atoms with E-state index in [0.29, 0.717) is 4.47 Å². The van der Waals surface area contributed by atoms with Gasteiger partial charge in [-0.2, -0.15) is 0 Å². The van der Waals surface area contributed by atoms with Gasteiger partial charge in [0.25, 0.3) is 10.0 Å². The lowest BCUT2D eigenvalue weighted by molar-refractivity contribution is 0.594. The van der Waals surface area contributed by atoms with Crippen molar-refractivity contribution in [1.82, 2.24) is 0 Å². The molecule has 5 nitrogen and oxygen atoms in total. The van der Waals surface area contributed by atoms with Crippen molar-refractivity contribution in [3.63, 3.8) is 0 Å². The zero-order valence-corrected chi connectivity index (χ0v) is 16.9. The first kappa shape index (κ1) is 19.0. The Labute approximate surface area is 162 Å². The summed E-state index contributed by atoms with van der Waals surface area (Å²) in [7, 11) is -7.59. The molecule has 0 aliphatic heterocycles. The monoisotopic (exact) mass is 475 g/mol. The summed E-state index contributed by atoms with van der Waals surface area (Å²) in [6.45, 7) is 0. The van der Waals surface area contributed by atoms with Crippen LogP contribution in [0.5, 0.6) is 0 Å². The molecule has 26 heavy (non-hydrogen) atoms. The van der Waals surface area contributed by atoms with Gasteiger partial charge in [0.2, 0.25) is 9.84 Å². The van der Waals surface area contributed by atoms with Crippen LogP contribution in [-0.2, 0) is 19.9 Å². The third-order valence-corrected chi connectivity index (χ3v) is 9.21. The number of sulfone groups is 1. The van der Waals surface area contributed by atoms with Crippen molar-refractivity contribution < 1.29 is 21.2 Å². The molecule has 0 fully saturated rings. The first-order valence-corrected chi connectivity index (χ1v) is 11.7. The number of thiophene rings is 1. The zero-order valence-electron chi connectivity index (χ0n) is 12.9. The molecule has 2 aromatic carbocycles. The van der Waals surface area contributed by atoms with E-state index in [1.807, 2.05) is 0 Å². The number of rotatable bonds is 5. The van der Waals surface area contributed by atoms with Crippen molar-refractivity contribution in [2.24, 2.45) is 0 Å². The number of hydrogen-bond acceptors (Lipinski definition) is 5. The summed E-state index contributed by atoms with van der Waals surface area (Å²) in [5.74, 6) is -0.534. The Bertz CT molecular complexity index is 1140. The van der Waals surface area contributed by atoms with Crippen LogP contribution in [0.2, 0.25) is 0 Å². The Morgan fingerprint density at radius 1 is 0.846 bits per heavy atom. The Kier molecular flexibility index (Phi) is 5.20. The molecule has 0 saturated heterocycles. The molecule has 0 bridgehead atoms. The van der Waals surface area contributed by atoms with Crippen LogP contribution in [0.4, 0.5) is 10.1 Å². The molecule has 3 aromatic rings. The highest BCUT2D eigenvalue weighted by Gasteiger charge is 2.21. The number of anilines is 1. The maximum absolute atomic E-state index is 13.0. The lowest BCUT2D eigenvalue weighted by Crippen LogP contribution is -2.12. The van der Waals surface area contributed by atoms with Gasteiger partial charge in [-0.1, -0.05) is 0 Å². The van der Waals surface area contributed by atoms with E-state index >= 15 is 0 Å². The van der Waals surface area contributed by atoms with Crippen molar-refractivity contribution in [2.75, 3.05) is 4.72 Å². The number of hydrogen-bond donors (Lipinski definition) is 1. The number of halogens is 2. The van der Waals surface area contributed by atoms with Gasteiger partial charge >= 0.3 is 0 Å². The van der Waals surface area contributed by atoms with Crippen molar-refractivity contribution in [3.8, 4) is 0 Å². The van der Waals surface area contributed by atoms with Gasteiger partial charge in [-0.3, -0.25) is 4.72 Å². The second-order valence-electron chi connectivity index (χ2n) is 5.14. The molecule has 0 atom stereocenters. The van der Waals surface area contributed by atoms with Gasteiger partial charge in [-0.15, -0.1) is 11.3 Å². The molecule has 136 valence electrons. The highest BCUT2D eigenvalue weighted by molar-refractivity contribution is 9.10. The highest BCUT2D eigenvalue weighted by Crippen LogP contribution is 2.30. The van der Waals surface area contributed by atoms with E-state index in [1.54, 1.807) is 11.4 Å². The molecule has 0 aliphatic carbocycles. The van der Waals surface area contributed by atoms with Crippen LogP contribution in [0.3, 0.4) is 0 Å². The SMILES string of the molecule is O=S(=O)(Nc1ccc(S(=O)(=O)c2ccc(F)cc2)cc1)c1sccc1Br. The Hall–Kier alpha value is -1.75. The van der Waals surface area contributed by atoms with Gasteiger partial charge in [0.05, 0.1) is 9.79 Å². The summed E-state index contributed by atoms with van der Waals surface area (Å²) in [5, 5.41) is 1.64. The molecular formula is C16H11BrFNO4S3. The van der Waals surface area contributed by atoms with Gasteiger partial charge < -0.3 is 0 Å². The Balaban J connectivity index is 1.87. The maximum atomic E-state index is 13.0. The molecule has 1 aromatic heterocycles. The van der Waals surface area contributed by atoms with Gasteiger partial charge in [0.15, 0.2) is 4.21 Å². The second-order valence-corrected chi connectivity index (χ2v) is 10.7. The third kappa shape index (κ3) is 3.83. The minimum Gasteiger partial charge on any atom is -0.279 e. The quantitative estimate of drug-likeness (QED) is 0.558. The van der Waals surface area contributed by atoms with Crippen LogP contribution in [0, 0.1) is 5.82 Å². The molecule has 3 rings (SSSR count). The molecule has 0 aliphatic rings. The van der Waals surface area contributed by atoms with E-state index < -0.39 is 25.7 Å². The van der Waals surface area contributed by atoms with E-state index in [0.717, 1.165) is 23.5 Å². The van der Waals surface area contributed by atoms with E-state index in [4.69, 9.17) is 0 Å². The number of benzene rings is 2. The van der Waals surface area contributed by atoms with Crippen LogP contribution >= 0.6 is 27.3 Å². The van der Waals surface area contributed by atoms with Crippen LogP contribution in [0.15, 0.2) is 78.5 Å². The smallest absolute Gasteiger partial charge is 0.272 e. The molecule has 10 heteroatoms. The standard InChI is InChI=1S/C16H11BrFNO4S3/c17-15-9-10-24-16(15)26(22,23)19-12-3-7-14(8-4-12)25(20,21)13-5-1-11(18)2-6-13/h1-10,19H. The first-order chi connectivity index (χ1) is 12.2. The van der Waals surface area contributed by atoms with Crippen molar-refractivity contribution in [3.05, 3.63) is 70.3 Å². The maximum Gasteiger partial charge on any atom is 0.272 e. The second kappa shape index (κ2) is 7.10. The summed E-state index contributed by atoms with van der Waals surface area (Å²) >= 11 is 4.23. The van der Waals surface area contributed by atoms with Crippen molar-refractivity contribution >= 4 is 52.8 Å². The van der Waals surface area contributed by atoms with Crippen LogP contribution in [0.1, 0.15) is 0 Å². The molecule has 0 spiro atoms. The van der Waals surface area contributed by atoms with Crippen LogP contribution in [0.25, 0.3) is 0 Å². The summed E-state index contributed by atoms with van der Waals surface area (Å²) in [6.07, 6.45) is 0. The summed E-state index contributed by atoms with van der Waals surface area (Å²) in [6, 6.07) is 11.4. The molecular weight excluding hydrogens is 465 g/mol. The van der Waals surface area contributed by atoms with Gasteiger partial charge in [0, 0.05) is 10.2 Å². The molecule has 0 radical (unpaired) electrons. The largest absolute Gasteiger partial charge is 0.279 e. The van der Waals surface area contributed by atoms with Gasteiger partial charge in [0.1, 0.15) is 5.82 Å². The topological polar surface area (TPSA) is 80.3 Å². The highest BCUT2D eigenvalue weighted by atomic mass is 79.9. The van der Waals surface area contributed by atoms with E-state index in [2.05, 4.69) is 20.7 Å². The minimum absolute atomic E-state index is 0.0237. The minimum atomic E-state index is -3.82. The first-order valence-electron chi connectivity index (χ1n) is 7.07. The van der Waals surface area contributed by atoms with E-state index in [9.17, 15) is 21.2 Å². The van der Waals surface area contributed by atoms with Gasteiger partial charge in [-0.05, 0) is 75.9 Å². The fraction of sp³-hybridized carbons (Fsp3) is 0. The normalized spacial score (nSPS) is 12.1. The Morgan fingerprint density at radius 2 is 1.38 bits per heavy atom. The fourth-order valence-electron chi connectivity index (χ4n) is 2.13. The van der Waals surface area contributed by atoms with Crippen molar-refractivity contribution in [1.29, 1.82) is 0 Å². The average molecular weight is 476 g/mol. The van der Waals surface area contributed by atoms with E-state index in [1.165, 1.54) is 36.4 Å². The van der Waals surface area contributed by atoms with Crippen LogP contribution < -0.4 is 4.72 Å². The summed E-state index contributed by atoms with van der Waals surface area (Å²) in [5.41, 5.74) is 0.225. The summed E-state index contributed by atoms with van der Waals surface area (Å²) < 4.78 is 65.6. The molecule has 0 saturated carbocycles. The number of nitrogens with one attached hydrogen (secondary N) is 1. The predicted molar refractivity (Wildman–Crippen MR) is 101 cm³/mol. The lowest BCUT2D eigenvalue weighted by Gasteiger charge is -2.09. The zero-order chi connectivity index (χ0) is 18.9.